The average Bonchev–Trinajstić information content (AvgIpc) is 1.81. The summed E-state index contributed by atoms with van der Waals surface area (Å²) in [5.74, 6) is 3.51. The zero-order chi connectivity index (χ0) is 61.7. The van der Waals surface area contributed by atoms with E-state index in [2.05, 4.69) is 179 Å². The van der Waals surface area contributed by atoms with Crippen molar-refractivity contribution in [2.75, 3.05) is 26.2 Å². The number of ether oxygens (including phenoxy) is 4. The molecule has 458 valence electrons. The largest absolute Gasteiger partial charge is 0.494 e. The van der Waals surface area contributed by atoms with Crippen LogP contribution in [-0.4, -0.2) is 65.9 Å². The van der Waals surface area contributed by atoms with Crippen LogP contribution in [0.2, 0.25) is 0 Å². The van der Waals surface area contributed by atoms with Crippen molar-refractivity contribution in [2.45, 2.75) is 163 Å². The van der Waals surface area contributed by atoms with Gasteiger partial charge in [0.2, 0.25) is 0 Å². The van der Waals surface area contributed by atoms with E-state index < -0.39 is 16.8 Å². The van der Waals surface area contributed by atoms with Crippen molar-refractivity contribution in [2.24, 2.45) is 54.9 Å². The molecule has 0 amide bonds. The van der Waals surface area contributed by atoms with E-state index in [0.717, 1.165) is 120 Å². The van der Waals surface area contributed by atoms with Crippen LogP contribution in [0.25, 0.3) is 22.3 Å². The number of benzene rings is 4. The van der Waals surface area contributed by atoms with Gasteiger partial charge in [-0.25, -0.2) is 20.0 Å². The van der Waals surface area contributed by atoms with Crippen molar-refractivity contribution in [3.63, 3.8) is 0 Å². The van der Waals surface area contributed by atoms with Crippen LogP contribution in [-0.2, 0) is 0 Å². The van der Waals surface area contributed by atoms with Crippen molar-refractivity contribution in [3.05, 3.63) is 191 Å². The topological polar surface area (TPSA) is 164 Å². The number of hydrogen-bond acceptors (Lipinski definition) is 11. The molecule has 6 N–H and O–H groups in total. The molecule has 0 aromatic heterocycles. The normalized spacial score (nSPS) is 16.8. The van der Waals surface area contributed by atoms with Gasteiger partial charge in [-0.15, -0.1) is 0 Å². The lowest BCUT2D eigenvalue weighted by Crippen LogP contribution is -2.39. The van der Waals surface area contributed by atoms with Gasteiger partial charge in [0.1, 0.15) is 39.8 Å². The van der Waals surface area contributed by atoms with E-state index in [-0.39, 0.29) is 17.8 Å². The van der Waals surface area contributed by atoms with Crippen LogP contribution < -0.4 is 36.1 Å². The van der Waals surface area contributed by atoms with Crippen molar-refractivity contribution in [1.29, 1.82) is 0 Å². The van der Waals surface area contributed by atoms with Crippen LogP contribution >= 0.6 is 0 Å². The Bertz CT molecular complexity index is 3380. The van der Waals surface area contributed by atoms with Gasteiger partial charge in [-0.05, 0) is 187 Å². The fourth-order valence-corrected chi connectivity index (χ4v) is 11.3. The SMILES string of the molecule is CCCCCCCCCCCCCCOc1ccc(C2=C3C=CC(=N3)C(c3ccc(OC(C)(C)C(C)CN)cc3)=C3C=CC(=N3)C(c3ccc(OC(C)(C)C(C)CN)cc3)=C3C=CC(=N3)C(c3ccc(OC(C)(C)C(C)CN)cc3)=C3C=CC2=N3)cc1. The van der Waals surface area contributed by atoms with Gasteiger partial charge in [0.05, 0.1) is 52.2 Å². The second-order valence-electron chi connectivity index (χ2n) is 25.7. The minimum atomic E-state index is -0.478. The maximum atomic E-state index is 6.58. The van der Waals surface area contributed by atoms with Crippen LogP contribution in [0.4, 0.5) is 0 Å². The molecule has 0 radical (unpaired) electrons. The van der Waals surface area contributed by atoms with E-state index in [1.54, 1.807) is 0 Å². The van der Waals surface area contributed by atoms with E-state index in [0.29, 0.717) is 26.2 Å². The predicted octanol–water partition coefficient (Wildman–Crippen LogP) is 17.0. The van der Waals surface area contributed by atoms with Gasteiger partial charge in [-0.2, -0.15) is 0 Å². The Kier molecular flexibility index (Phi) is 21.4. The molecule has 5 heterocycles. The predicted molar refractivity (Wildman–Crippen MR) is 365 cm³/mol. The standard InChI is InChI=1S/C76H95N7O4/c1-11-12-13-14-15-16-17-18-19-20-21-22-47-84-58-31-23-54(24-32-58)70-62-39-41-64(80-62)71(55-25-33-59(34-26-55)85-74(5,6)51(2)48-77)66-43-45-68(82-66)73(57-29-37-61(38-30-57)87-76(9,10)53(4)50-79)69-46-44-67(83-69)72(65-42-40-63(70)81-65)56-27-35-60(36-28-56)86-75(7,8)52(3)49-78/h23-46,51-53H,11-22,47-50,77-79H2,1-10H3. The molecule has 4 aromatic rings. The molecule has 8 bridgehead atoms. The van der Waals surface area contributed by atoms with Crippen molar-refractivity contribution >= 4 is 45.1 Å². The molecule has 0 saturated carbocycles. The Balaban J connectivity index is 1.13. The van der Waals surface area contributed by atoms with Gasteiger partial charge in [-0.3, -0.25) is 0 Å². The molecule has 0 saturated heterocycles. The second-order valence-corrected chi connectivity index (χ2v) is 25.7. The van der Waals surface area contributed by atoms with Gasteiger partial charge < -0.3 is 36.1 Å². The zero-order valence-corrected chi connectivity index (χ0v) is 53.6. The third-order valence-electron chi connectivity index (χ3n) is 18.2. The van der Waals surface area contributed by atoms with Gasteiger partial charge in [0.15, 0.2) is 0 Å². The van der Waals surface area contributed by atoms with Gasteiger partial charge in [-0.1, -0.05) is 147 Å². The number of aliphatic imine (C=N–C) groups is 4. The summed E-state index contributed by atoms with van der Waals surface area (Å²) in [6.45, 7) is 23.3. The Labute approximate surface area is 519 Å². The Hall–Kier alpha value is -7.44. The quantitative estimate of drug-likeness (QED) is 0.0437. The molecule has 9 rings (SSSR count). The lowest BCUT2D eigenvalue weighted by Gasteiger charge is -2.32. The lowest BCUT2D eigenvalue weighted by atomic mass is 9.92. The van der Waals surface area contributed by atoms with Crippen molar-refractivity contribution < 1.29 is 18.9 Å². The highest BCUT2D eigenvalue weighted by atomic mass is 16.5. The van der Waals surface area contributed by atoms with Gasteiger partial charge in [0.25, 0.3) is 0 Å². The number of nitrogens with two attached hydrogens (primary N) is 3. The summed E-state index contributed by atoms with van der Waals surface area (Å²) in [5.41, 5.74) is 30.4. The molecule has 0 spiro atoms. The van der Waals surface area contributed by atoms with Crippen LogP contribution in [0.5, 0.6) is 23.0 Å². The first-order valence-electron chi connectivity index (χ1n) is 32.2. The number of fused-ring (bicyclic) bond motifs is 4. The summed E-state index contributed by atoms with van der Waals surface area (Å²) < 4.78 is 26.1. The third kappa shape index (κ3) is 15.8. The summed E-state index contributed by atoms with van der Waals surface area (Å²) in [5, 5.41) is 0. The van der Waals surface area contributed by atoms with Crippen LogP contribution in [0, 0.1) is 17.8 Å². The molecule has 11 nitrogen and oxygen atoms in total. The summed E-state index contributed by atoms with van der Waals surface area (Å²) in [6.07, 6.45) is 32.4. The van der Waals surface area contributed by atoms with Crippen LogP contribution in [0.3, 0.4) is 0 Å². The first-order chi connectivity index (χ1) is 41.9. The van der Waals surface area contributed by atoms with Crippen molar-refractivity contribution in [1.82, 2.24) is 0 Å². The fourth-order valence-electron chi connectivity index (χ4n) is 11.3. The lowest BCUT2D eigenvalue weighted by molar-refractivity contribution is 0.0553. The van der Waals surface area contributed by atoms with E-state index in [1.165, 1.54) is 70.6 Å². The number of nitrogens with zero attached hydrogens (tertiary/aromatic N) is 4. The summed E-state index contributed by atoms with van der Waals surface area (Å²) in [7, 11) is 0. The summed E-state index contributed by atoms with van der Waals surface area (Å²) in [4.78, 5) is 22.2. The van der Waals surface area contributed by atoms with Crippen molar-refractivity contribution in [3.8, 4) is 23.0 Å². The molecule has 3 unspecified atom stereocenters. The highest BCUT2D eigenvalue weighted by Crippen LogP contribution is 2.41. The highest BCUT2D eigenvalue weighted by molar-refractivity contribution is 6.39. The first-order valence-corrected chi connectivity index (χ1v) is 32.2. The van der Waals surface area contributed by atoms with E-state index in [4.69, 9.17) is 56.1 Å². The van der Waals surface area contributed by atoms with Crippen LogP contribution in [0.15, 0.2) is 188 Å². The fraction of sp³-hybridized carbons (Fsp3) is 0.421. The summed E-state index contributed by atoms with van der Waals surface area (Å²) in [6, 6.07) is 33.1. The molecule has 3 atom stereocenters. The monoisotopic (exact) mass is 1170 g/mol. The van der Waals surface area contributed by atoms with Gasteiger partial charge >= 0.3 is 0 Å². The Morgan fingerprint density at radius 3 is 0.828 bits per heavy atom. The Morgan fingerprint density at radius 1 is 0.333 bits per heavy atom. The molecule has 0 aliphatic carbocycles. The maximum Gasteiger partial charge on any atom is 0.120 e. The van der Waals surface area contributed by atoms with Crippen LogP contribution in [0.1, 0.15) is 169 Å². The molecular weight excluding hydrogens is 1070 g/mol. The van der Waals surface area contributed by atoms with E-state index >= 15 is 0 Å². The first kappa shape index (κ1) is 64.0. The molecule has 11 heteroatoms. The maximum absolute atomic E-state index is 6.58. The molecule has 87 heavy (non-hydrogen) atoms. The molecule has 5 aliphatic rings. The van der Waals surface area contributed by atoms with E-state index in [1.807, 2.05) is 36.4 Å². The van der Waals surface area contributed by atoms with Gasteiger partial charge in [0, 0.05) is 40.0 Å². The third-order valence-corrected chi connectivity index (χ3v) is 18.2. The number of hydrogen-bond donors (Lipinski definition) is 3. The summed E-state index contributed by atoms with van der Waals surface area (Å²) >= 11 is 0. The minimum Gasteiger partial charge on any atom is -0.494 e. The number of rotatable bonds is 30. The average molecular weight is 1170 g/mol. The molecule has 0 fully saturated rings. The second kappa shape index (κ2) is 29.0. The smallest absolute Gasteiger partial charge is 0.120 e. The highest BCUT2D eigenvalue weighted by Gasteiger charge is 2.32. The molecular formula is C76H95N7O4. The molecule has 5 aliphatic heterocycles. The minimum absolute atomic E-state index is 0.135. The van der Waals surface area contributed by atoms with E-state index in [9.17, 15) is 0 Å². The number of allylic oxidation sites excluding steroid dienone is 12. The number of unbranched alkanes of at least 4 members (excludes halogenated alkanes) is 11. The zero-order valence-electron chi connectivity index (χ0n) is 53.6. The molecule has 4 aromatic carbocycles. The Morgan fingerprint density at radius 2 is 0.575 bits per heavy atom.